The van der Waals surface area contributed by atoms with Crippen LogP contribution < -0.4 is 16.6 Å². The Morgan fingerprint density at radius 3 is 2.92 bits per heavy atom. The van der Waals surface area contributed by atoms with Gasteiger partial charge in [0, 0.05) is 11.7 Å². The van der Waals surface area contributed by atoms with Crippen molar-refractivity contribution in [3.8, 4) is 0 Å². The Kier molecular flexibility index (Phi) is 4.03. The van der Waals surface area contributed by atoms with Crippen LogP contribution in [0, 0.1) is 5.82 Å². The van der Waals surface area contributed by atoms with Crippen LogP contribution in [0.3, 0.4) is 0 Å². The third-order valence-electron chi connectivity index (χ3n) is 4.53. The van der Waals surface area contributed by atoms with E-state index < -0.39 is 5.82 Å². The number of hydrogen-bond acceptors (Lipinski definition) is 5. The van der Waals surface area contributed by atoms with E-state index in [9.17, 15) is 9.18 Å². The number of hydrogen-bond donors (Lipinski definition) is 2. The molecule has 1 aliphatic rings. The Morgan fingerprint density at radius 2 is 2.19 bits per heavy atom. The molecular formula is C18H17ClFN5O. The molecule has 0 saturated heterocycles. The van der Waals surface area contributed by atoms with Gasteiger partial charge >= 0.3 is 0 Å². The minimum atomic E-state index is -0.602. The highest BCUT2D eigenvalue weighted by molar-refractivity contribution is 6.35. The molecule has 0 spiro atoms. The molecule has 134 valence electrons. The van der Waals surface area contributed by atoms with Crippen molar-refractivity contribution in [2.45, 2.75) is 31.8 Å². The summed E-state index contributed by atoms with van der Waals surface area (Å²) < 4.78 is 15.7. The first-order valence-electron chi connectivity index (χ1n) is 8.34. The molecule has 1 aliphatic carbocycles. The SMILES string of the molecule is CC(Nc1nc(N)ncc1F)c1cc2cccc(Cl)c2c(=O)n1C1CC1. The fourth-order valence-electron chi connectivity index (χ4n) is 3.16. The molecule has 4 rings (SSSR count). The predicted molar refractivity (Wildman–Crippen MR) is 99.9 cm³/mol. The van der Waals surface area contributed by atoms with Crippen molar-refractivity contribution in [3.63, 3.8) is 0 Å². The first-order chi connectivity index (χ1) is 12.5. The topological polar surface area (TPSA) is 85.8 Å². The zero-order valence-electron chi connectivity index (χ0n) is 14.0. The van der Waals surface area contributed by atoms with E-state index in [1.54, 1.807) is 16.7 Å². The van der Waals surface area contributed by atoms with E-state index in [4.69, 9.17) is 17.3 Å². The van der Waals surface area contributed by atoms with Crippen LogP contribution in [0.15, 0.2) is 35.3 Å². The monoisotopic (exact) mass is 373 g/mol. The second kappa shape index (κ2) is 6.25. The lowest BCUT2D eigenvalue weighted by molar-refractivity contribution is 0.604. The lowest BCUT2D eigenvalue weighted by atomic mass is 10.1. The fourth-order valence-corrected chi connectivity index (χ4v) is 3.42. The molecule has 3 N–H and O–H groups in total. The average Bonchev–Trinajstić information content (AvgIpc) is 3.42. The van der Waals surface area contributed by atoms with Crippen LogP contribution in [-0.4, -0.2) is 14.5 Å². The molecule has 6 nitrogen and oxygen atoms in total. The van der Waals surface area contributed by atoms with Gasteiger partial charge in [0.05, 0.1) is 22.6 Å². The number of fused-ring (bicyclic) bond motifs is 1. The highest BCUT2D eigenvalue weighted by Crippen LogP contribution is 2.37. The number of pyridine rings is 1. The van der Waals surface area contributed by atoms with Crippen molar-refractivity contribution in [1.29, 1.82) is 0 Å². The van der Waals surface area contributed by atoms with Crippen molar-refractivity contribution in [2.24, 2.45) is 0 Å². The minimum Gasteiger partial charge on any atom is -0.368 e. The van der Waals surface area contributed by atoms with Crippen LogP contribution in [0.4, 0.5) is 16.2 Å². The van der Waals surface area contributed by atoms with Gasteiger partial charge in [-0.1, -0.05) is 23.7 Å². The first-order valence-corrected chi connectivity index (χ1v) is 8.71. The number of nitrogen functional groups attached to an aromatic ring is 1. The Hall–Kier alpha value is -2.67. The second-order valence-electron chi connectivity index (χ2n) is 6.47. The van der Waals surface area contributed by atoms with Crippen molar-refractivity contribution in [1.82, 2.24) is 14.5 Å². The molecule has 2 heterocycles. The number of benzene rings is 1. The molecule has 1 atom stereocenters. The zero-order valence-corrected chi connectivity index (χ0v) is 14.8. The van der Waals surface area contributed by atoms with Crippen molar-refractivity contribution < 1.29 is 4.39 Å². The first kappa shape index (κ1) is 16.8. The number of halogens is 2. The Labute approximate surface area is 153 Å². The molecule has 0 radical (unpaired) electrons. The van der Waals surface area contributed by atoms with Gasteiger partial charge in [-0.05, 0) is 37.3 Å². The Bertz CT molecular complexity index is 1060. The molecule has 0 bridgehead atoms. The summed E-state index contributed by atoms with van der Waals surface area (Å²) in [6.07, 6.45) is 2.89. The molecule has 3 aromatic rings. The van der Waals surface area contributed by atoms with E-state index in [0.717, 1.165) is 30.1 Å². The van der Waals surface area contributed by atoms with Crippen molar-refractivity contribution in [2.75, 3.05) is 11.1 Å². The van der Waals surface area contributed by atoms with Gasteiger partial charge in [0.1, 0.15) is 0 Å². The number of nitrogens with zero attached hydrogens (tertiary/aromatic N) is 3. The molecular weight excluding hydrogens is 357 g/mol. The van der Waals surface area contributed by atoms with Crippen molar-refractivity contribution >= 4 is 34.1 Å². The summed E-state index contributed by atoms with van der Waals surface area (Å²) >= 11 is 6.25. The molecule has 1 aromatic carbocycles. The minimum absolute atomic E-state index is 0.00554. The summed E-state index contributed by atoms with van der Waals surface area (Å²) in [5, 5.41) is 4.70. The smallest absolute Gasteiger partial charge is 0.260 e. The molecule has 0 aliphatic heterocycles. The third-order valence-corrected chi connectivity index (χ3v) is 4.85. The van der Waals surface area contributed by atoms with Gasteiger partial charge in [-0.3, -0.25) is 4.79 Å². The Morgan fingerprint density at radius 1 is 1.42 bits per heavy atom. The standard InChI is InChI=1S/C18H17ClFN5O/c1-9(23-16-13(20)8-22-18(21)24-16)14-7-10-3-2-4-12(19)15(10)17(26)25(14)11-5-6-11/h2-4,7-9,11H,5-6H2,1H3,(H3,21,22,23,24). The molecule has 1 saturated carbocycles. The van der Waals surface area contributed by atoms with Gasteiger partial charge in [0.2, 0.25) is 5.95 Å². The number of anilines is 2. The van der Waals surface area contributed by atoms with Gasteiger partial charge in [-0.25, -0.2) is 9.37 Å². The lowest BCUT2D eigenvalue weighted by Crippen LogP contribution is -2.26. The second-order valence-corrected chi connectivity index (χ2v) is 6.88. The number of rotatable bonds is 4. The average molecular weight is 374 g/mol. The van der Waals surface area contributed by atoms with Crippen LogP contribution in [0.25, 0.3) is 10.8 Å². The van der Waals surface area contributed by atoms with Crippen LogP contribution in [-0.2, 0) is 0 Å². The van der Waals surface area contributed by atoms with Crippen molar-refractivity contribution in [3.05, 3.63) is 57.3 Å². The quantitative estimate of drug-likeness (QED) is 0.728. The van der Waals surface area contributed by atoms with Crippen LogP contribution >= 0.6 is 11.6 Å². The predicted octanol–water partition coefficient (Wildman–Crippen LogP) is 3.67. The summed E-state index contributed by atoms with van der Waals surface area (Å²) in [6, 6.07) is 7.06. The molecule has 1 fully saturated rings. The van der Waals surface area contributed by atoms with E-state index in [1.165, 1.54) is 0 Å². The highest BCUT2D eigenvalue weighted by Gasteiger charge is 2.29. The highest BCUT2D eigenvalue weighted by atomic mass is 35.5. The Balaban J connectivity index is 1.84. The lowest BCUT2D eigenvalue weighted by Gasteiger charge is -2.21. The summed E-state index contributed by atoms with van der Waals surface area (Å²) in [5.74, 6) is -0.618. The largest absolute Gasteiger partial charge is 0.368 e. The number of nitrogens with one attached hydrogen (secondary N) is 1. The van der Waals surface area contributed by atoms with Gasteiger partial charge < -0.3 is 15.6 Å². The van der Waals surface area contributed by atoms with Gasteiger partial charge in [0.25, 0.3) is 5.56 Å². The number of nitrogens with two attached hydrogens (primary N) is 1. The van der Waals surface area contributed by atoms with Gasteiger partial charge in [-0.2, -0.15) is 4.98 Å². The molecule has 1 unspecified atom stereocenters. The summed E-state index contributed by atoms with van der Waals surface area (Å²) in [5.41, 5.74) is 6.18. The van der Waals surface area contributed by atoms with E-state index in [0.29, 0.717) is 10.4 Å². The zero-order chi connectivity index (χ0) is 18.4. The molecule has 26 heavy (non-hydrogen) atoms. The van der Waals surface area contributed by atoms with Crippen LogP contribution in [0.5, 0.6) is 0 Å². The molecule has 8 heteroatoms. The third kappa shape index (κ3) is 2.88. The summed E-state index contributed by atoms with van der Waals surface area (Å²) in [6.45, 7) is 1.85. The normalized spacial score (nSPS) is 15.2. The van der Waals surface area contributed by atoms with E-state index in [2.05, 4.69) is 15.3 Å². The molecule has 2 aromatic heterocycles. The fraction of sp³-hybridized carbons (Fsp3) is 0.278. The van der Waals surface area contributed by atoms with E-state index in [1.807, 2.05) is 19.1 Å². The van der Waals surface area contributed by atoms with Gasteiger partial charge in [-0.15, -0.1) is 0 Å². The molecule has 0 amide bonds. The number of aromatic nitrogens is 3. The summed E-state index contributed by atoms with van der Waals surface area (Å²) in [4.78, 5) is 20.6. The van der Waals surface area contributed by atoms with Crippen LogP contribution in [0.1, 0.15) is 37.5 Å². The van der Waals surface area contributed by atoms with Crippen LogP contribution in [0.2, 0.25) is 5.02 Å². The maximum Gasteiger partial charge on any atom is 0.260 e. The maximum atomic E-state index is 14.0. The van der Waals surface area contributed by atoms with E-state index >= 15 is 0 Å². The van der Waals surface area contributed by atoms with E-state index in [-0.39, 0.29) is 29.4 Å². The summed E-state index contributed by atoms with van der Waals surface area (Å²) in [7, 11) is 0. The van der Waals surface area contributed by atoms with Gasteiger partial charge in [0.15, 0.2) is 11.6 Å². The maximum absolute atomic E-state index is 14.0.